The van der Waals surface area contributed by atoms with Crippen molar-refractivity contribution in [2.75, 3.05) is 0 Å². The first-order valence-electron chi connectivity index (χ1n) is 6.97. The summed E-state index contributed by atoms with van der Waals surface area (Å²) in [5.74, 6) is -1.24. The molecule has 0 aliphatic heterocycles. The number of carboxylic acids is 1. The van der Waals surface area contributed by atoms with Crippen LogP contribution in [0.5, 0.6) is 0 Å². The molecule has 2 aromatic rings. The molecule has 2 aromatic carbocycles. The monoisotopic (exact) mass is 319 g/mol. The van der Waals surface area contributed by atoms with Crippen LogP contribution in [0, 0.1) is 0 Å². The predicted molar refractivity (Wildman–Crippen MR) is 86.8 cm³/mol. The zero-order valence-corrected chi connectivity index (χ0v) is 12.7. The number of hydrogen-bond acceptors (Lipinski definition) is 3. The molecule has 0 heterocycles. The SMILES string of the molecule is N[C@H](Cc1ccc(-c2cccc(Cl)c2)cc1)C[C@@H](O)C(=O)O. The van der Waals surface area contributed by atoms with Crippen LogP contribution in [-0.2, 0) is 11.2 Å². The fourth-order valence-corrected chi connectivity index (χ4v) is 2.47. The lowest BCUT2D eigenvalue weighted by atomic mass is 9.98. The van der Waals surface area contributed by atoms with Crippen LogP contribution in [0.25, 0.3) is 11.1 Å². The zero-order valence-electron chi connectivity index (χ0n) is 11.9. The second kappa shape index (κ2) is 7.40. The zero-order chi connectivity index (χ0) is 16.1. The Bertz CT molecular complexity index is 643. The minimum Gasteiger partial charge on any atom is -0.479 e. The molecule has 0 aliphatic carbocycles. The summed E-state index contributed by atoms with van der Waals surface area (Å²) in [5.41, 5.74) is 8.95. The van der Waals surface area contributed by atoms with Gasteiger partial charge in [-0.1, -0.05) is 48.0 Å². The van der Waals surface area contributed by atoms with Crippen LogP contribution < -0.4 is 5.73 Å². The van der Waals surface area contributed by atoms with Crippen LogP contribution in [0.15, 0.2) is 48.5 Å². The highest BCUT2D eigenvalue weighted by Gasteiger charge is 2.17. The number of carboxylic acid groups (broad SMARTS) is 1. The fourth-order valence-electron chi connectivity index (χ4n) is 2.27. The first-order chi connectivity index (χ1) is 10.5. The second-order valence-electron chi connectivity index (χ2n) is 5.26. The van der Waals surface area contributed by atoms with Gasteiger partial charge in [0.25, 0.3) is 0 Å². The molecule has 0 spiro atoms. The number of aliphatic hydroxyl groups excluding tert-OH is 1. The molecule has 116 valence electrons. The van der Waals surface area contributed by atoms with E-state index < -0.39 is 18.1 Å². The number of carbonyl (C=O) groups is 1. The number of aliphatic carboxylic acids is 1. The third-order valence-electron chi connectivity index (χ3n) is 3.42. The van der Waals surface area contributed by atoms with E-state index >= 15 is 0 Å². The van der Waals surface area contributed by atoms with Gasteiger partial charge in [-0.15, -0.1) is 0 Å². The minimum atomic E-state index is -1.42. The van der Waals surface area contributed by atoms with E-state index in [1.807, 2.05) is 48.5 Å². The number of nitrogens with two attached hydrogens (primary N) is 1. The van der Waals surface area contributed by atoms with Gasteiger partial charge in [-0.05, 0) is 41.7 Å². The normalized spacial score (nSPS) is 13.6. The van der Waals surface area contributed by atoms with E-state index in [9.17, 15) is 9.90 Å². The molecule has 22 heavy (non-hydrogen) atoms. The van der Waals surface area contributed by atoms with Crippen molar-refractivity contribution in [2.24, 2.45) is 5.73 Å². The van der Waals surface area contributed by atoms with Crippen LogP contribution >= 0.6 is 11.6 Å². The van der Waals surface area contributed by atoms with Crippen LogP contribution in [0.1, 0.15) is 12.0 Å². The molecular weight excluding hydrogens is 302 g/mol. The molecule has 0 saturated heterocycles. The Morgan fingerprint density at radius 2 is 1.82 bits per heavy atom. The molecular formula is C17H18ClNO3. The first kappa shape index (κ1) is 16.5. The summed E-state index contributed by atoms with van der Waals surface area (Å²) < 4.78 is 0. The van der Waals surface area contributed by atoms with Crippen molar-refractivity contribution in [1.82, 2.24) is 0 Å². The van der Waals surface area contributed by atoms with Crippen LogP contribution in [0.2, 0.25) is 5.02 Å². The predicted octanol–water partition coefficient (Wildman–Crippen LogP) is 2.71. The van der Waals surface area contributed by atoms with Crippen LogP contribution in [0.4, 0.5) is 0 Å². The van der Waals surface area contributed by atoms with E-state index in [1.54, 1.807) is 0 Å². The number of benzene rings is 2. The highest BCUT2D eigenvalue weighted by Crippen LogP contribution is 2.23. The molecule has 0 radical (unpaired) electrons. The summed E-state index contributed by atoms with van der Waals surface area (Å²) in [5, 5.41) is 18.7. The molecule has 5 heteroatoms. The van der Waals surface area contributed by atoms with E-state index in [4.69, 9.17) is 22.4 Å². The maximum Gasteiger partial charge on any atom is 0.332 e. The molecule has 4 nitrogen and oxygen atoms in total. The van der Waals surface area contributed by atoms with E-state index in [-0.39, 0.29) is 6.42 Å². The van der Waals surface area contributed by atoms with Gasteiger partial charge in [0.1, 0.15) is 0 Å². The summed E-state index contributed by atoms with van der Waals surface area (Å²) in [4.78, 5) is 10.6. The van der Waals surface area contributed by atoms with Gasteiger partial charge in [-0.25, -0.2) is 4.79 Å². The standard InChI is InChI=1S/C17H18ClNO3/c18-14-3-1-2-13(9-14)12-6-4-11(5-7-12)8-15(19)10-16(20)17(21)22/h1-7,9,15-16,20H,8,10,19H2,(H,21,22)/t15-,16-/m1/s1. The van der Waals surface area contributed by atoms with Gasteiger partial charge in [-0.3, -0.25) is 0 Å². The topological polar surface area (TPSA) is 83.5 Å². The molecule has 0 fully saturated rings. The summed E-state index contributed by atoms with van der Waals surface area (Å²) in [6.45, 7) is 0. The van der Waals surface area contributed by atoms with E-state index in [0.717, 1.165) is 16.7 Å². The van der Waals surface area contributed by atoms with Gasteiger partial charge in [0.15, 0.2) is 6.10 Å². The van der Waals surface area contributed by atoms with Crippen molar-refractivity contribution in [1.29, 1.82) is 0 Å². The molecule has 4 N–H and O–H groups in total. The summed E-state index contributed by atoms with van der Waals surface area (Å²) in [6.07, 6.45) is -0.869. The summed E-state index contributed by atoms with van der Waals surface area (Å²) >= 11 is 5.98. The van der Waals surface area contributed by atoms with Gasteiger partial charge < -0.3 is 15.9 Å². The highest BCUT2D eigenvalue weighted by atomic mass is 35.5. The Hall–Kier alpha value is -1.88. The fraction of sp³-hybridized carbons (Fsp3) is 0.235. The number of rotatable bonds is 6. The van der Waals surface area contributed by atoms with Gasteiger partial charge in [0, 0.05) is 11.1 Å². The van der Waals surface area contributed by atoms with Crippen molar-refractivity contribution in [3.05, 3.63) is 59.1 Å². The molecule has 0 amide bonds. The summed E-state index contributed by atoms with van der Waals surface area (Å²) in [6, 6.07) is 15.0. The van der Waals surface area contributed by atoms with E-state index in [2.05, 4.69) is 0 Å². The molecule has 0 saturated carbocycles. The number of halogens is 1. The Balaban J connectivity index is 2.01. The lowest BCUT2D eigenvalue weighted by Crippen LogP contribution is -2.32. The lowest BCUT2D eigenvalue weighted by molar-refractivity contribution is -0.147. The van der Waals surface area contributed by atoms with Gasteiger partial charge in [-0.2, -0.15) is 0 Å². The molecule has 2 rings (SSSR count). The van der Waals surface area contributed by atoms with Crippen molar-refractivity contribution >= 4 is 17.6 Å². The van der Waals surface area contributed by atoms with Crippen LogP contribution in [-0.4, -0.2) is 28.3 Å². The third kappa shape index (κ3) is 4.56. The Labute approximate surface area is 134 Å². The average Bonchev–Trinajstić information content (AvgIpc) is 2.47. The minimum absolute atomic E-state index is 0.0331. The maximum atomic E-state index is 10.6. The van der Waals surface area contributed by atoms with Crippen LogP contribution in [0.3, 0.4) is 0 Å². The molecule has 0 aliphatic rings. The quantitative estimate of drug-likeness (QED) is 0.764. The van der Waals surface area contributed by atoms with Crippen molar-refractivity contribution in [2.45, 2.75) is 25.0 Å². The second-order valence-corrected chi connectivity index (χ2v) is 5.70. The Kier molecular flexibility index (Phi) is 5.55. The molecule has 0 bridgehead atoms. The van der Waals surface area contributed by atoms with Crippen molar-refractivity contribution in [3.8, 4) is 11.1 Å². The van der Waals surface area contributed by atoms with Crippen molar-refractivity contribution in [3.63, 3.8) is 0 Å². The van der Waals surface area contributed by atoms with Gasteiger partial charge in [0.05, 0.1) is 0 Å². The number of aliphatic hydroxyl groups is 1. The molecule has 0 unspecified atom stereocenters. The molecule has 0 aromatic heterocycles. The maximum absolute atomic E-state index is 10.6. The Morgan fingerprint density at radius 3 is 2.41 bits per heavy atom. The molecule has 2 atom stereocenters. The van der Waals surface area contributed by atoms with Crippen molar-refractivity contribution < 1.29 is 15.0 Å². The Morgan fingerprint density at radius 1 is 1.14 bits per heavy atom. The van der Waals surface area contributed by atoms with E-state index in [1.165, 1.54) is 0 Å². The largest absolute Gasteiger partial charge is 0.479 e. The number of hydrogen-bond donors (Lipinski definition) is 3. The third-order valence-corrected chi connectivity index (χ3v) is 3.66. The lowest BCUT2D eigenvalue weighted by Gasteiger charge is -2.14. The highest BCUT2D eigenvalue weighted by molar-refractivity contribution is 6.30. The smallest absolute Gasteiger partial charge is 0.332 e. The average molecular weight is 320 g/mol. The first-order valence-corrected chi connectivity index (χ1v) is 7.35. The van der Waals surface area contributed by atoms with Gasteiger partial charge in [0.2, 0.25) is 0 Å². The summed E-state index contributed by atoms with van der Waals surface area (Å²) in [7, 11) is 0. The van der Waals surface area contributed by atoms with E-state index in [0.29, 0.717) is 11.4 Å². The van der Waals surface area contributed by atoms with Gasteiger partial charge >= 0.3 is 5.97 Å².